The predicted molar refractivity (Wildman–Crippen MR) is 116 cm³/mol. The highest BCUT2D eigenvalue weighted by molar-refractivity contribution is 9.10. The number of hydrogen-bond acceptors (Lipinski definition) is 5. The Morgan fingerprint density at radius 2 is 1.88 bits per heavy atom. The predicted octanol–water partition coefficient (Wildman–Crippen LogP) is 3.07. The Bertz CT molecular complexity index is 800. The molecule has 0 spiro atoms. The van der Waals surface area contributed by atoms with Crippen LogP contribution in [0.2, 0.25) is 0 Å². The lowest BCUT2D eigenvalue weighted by molar-refractivity contribution is -0.274. The minimum absolute atomic E-state index is 0.0616. The molecule has 0 aromatic heterocycles. The average molecular weight is 525 g/mol. The van der Waals surface area contributed by atoms with Gasteiger partial charge in [-0.2, -0.15) is 0 Å². The van der Waals surface area contributed by atoms with Gasteiger partial charge in [-0.3, -0.25) is 4.79 Å². The van der Waals surface area contributed by atoms with E-state index in [1.807, 2.05) is 0 Å². The van der Waals surface area contributed by atoms with Crippen molar-refractivity contribution in [2.45, 2.75) is 39.1 Å². The number of anilines is 1. The quantitative estimate of drug-likeness (QED) is 0.391. The highest BCUT2D eigenvalue weighted by Crippen LogP contribution is 2.32. The van der Waals surface area contributed by atoms with E-state index in [1.54, 1.807) is 18.7 Å². The fourth-order valence-corrected chi connectivity index (χ4v) is 3.52. The van der Waals surface area contributed by atoms with E-state index in [4.69, 9.17) is 0 Å². The van der Waals surface area contributed by atoms with E-state index in [0.717, 1.165) is 18.9 Å². The number of nitrogens with one attached hydrogen (secondary N) is 3. The van der Waals surface area contributed by atoms with E-state index in [2.05, 4.69) is 36.6 Å². The first-order chi connectivity index (χ1) is 14.9. The molecule has 3 amide bonds. The van der Waals surface area contributed by atoms with Crippen LogP contribution in [0, 0.1) is 5.41 Å². The summed E-state index contributed by atoms with van der Waals surface area (Å²) in [5.74, 6) is -0.516. The number of aliphatic hydroxyl groups is 1. The van der Waals surface area contributed by atoms with Gasteiger partial charge in [0.2, 0.25) is 5.91 Å². The van der Waals surface area contributed by atoms with Gasteiger partial charge in [0.1, 0.15) is 5.75 Å². The molecule has 12 heteroatoms. The number of alkyl halides is 3. The number of carbonyl (C=O) groups is 2. The van der Waals surface area contributed by atoms with Gasteiger partial charge in [-0.1, -0.05) is 0 Å². The Balaban J connectivity index is 1.69. The third-order valence-electron chi connectivity index (χ3n) is 5.01. The number of amides is 3. The Labute approximate surface area is 193 Å². The lowest BCUT2D eigenvalue weighted by Gasteiger charge is -2.36. The number of benzene rings is 1. The maximum absolute atomic E-state index is 12.4. The SMILES string of the molecule is CC(C)(CO)C(=O)N1CCC(NCCNC(=O)Nc2ccc(Br)c(OC(F)(F)F)c2)CC1. The largest absolute Gasteiger partial charge is 0.573 e. The lowest BCUT2D eigenvalue weighted by Crippen LogP contribution is -2.50. The van der Waals surface area contributed by atoms with Gasteiger partial charge in [-0.25, -0.2) is 4.79 Å². The third kappa shape index (κ3) is 8.14. The van der Waals surface area contributed by atoms with Crippen LogP contribution in [0.1, 0.15) is 26.7 Å². The Kier molecular flexibility index (Phi) is 9.17. The molecule has 1 aliphatic heterocycles. The number of rotatable bonds is 8. The zero-order chi connectivity index (χ0) is 23.9. The molecule has 0 aliphatic carbocycles. The Morgan fingerprint density at radius 3 is 2.47 bits per heavy atom. The summed E-state index contributed by atoms with van der Waals surface area (Å²) < 4.78 is 41.3. The van der Waals surface area contributed by atoms with Crippen LogP contribution in [0.25, 0.3) is 0 Å². The highest BCUT2D eigenvalue weighted by atomic mass is 79.9. The second-order valence-corrected chi connectivity index (χ2v) is 8.99. The van der Waals surface area contributed by atoms with Crippen molar-refractivity contribution in [3.05, 3.63) is 22.7 Å². The number of aliphatic hydroxyl groups excluding tert-OH is 1. The molecule has 180 valence electrons. The first-order valence-electron chi connectivity index (χ1n) is 10.1. The van der Waals surface area contributed by atoms with Crippen molar-refractivity contribution in [1.82, 2.24) is 15.5 Å². The van der Waals surface area contributed by atoms with Crippen LogP contribution in [-0.4, -0.2) is 67.1 Å². The number of halogens is 4. The summed E-state index contributed by atoms with van der Waals surface area (Å²) >= 11 is 2.97. The van der Waals surface area contributed by atoms with Crippen molar-refractivity contribution in [3.8, 4) is 5.75 Å². The molecular weight excluding hydrogens is 497 g/mol. The standard InChI is InChI=1S/C20H28BrF3N4O4/c1-19(2,12-29)17(30)28-9-5-13(6-10-28)25-7-8-26-18(31)27-14-3-4-15(21)16(11-14)32-20(22,23)24/h3-4,11,13,25,29H,5-10,12H2,1-2H3,(H2,26,27,31). The topological polar surface area (TPSA) is 103 Å². The van der Waals surface area contributed by atoms with E-state index in [0.29, 0.717) is 26.2 Å². The van der Waals surface area contributed by atoms with E-state index in [-0.39, 0.29) is 28.7 Å². The van der Waals surface area contributed by atoms with Gasteiger partial charge >= 0.3 is 12.4 Å². The Hall–Kier alpha value is -2.05. The molecule has 1 saturated heterocycles. The van der Waals surface area contributed by atoms with E-state index >= 15 is 0 Å². The fourth-order valence-electron chi connectivity index (χ4n) is 3.19. The van der Waals surface area contributed by atoms with Crippen LogP contribution in [0.4, 0.5) is 23.7 Å². The summed E-state index contributed by atoms with van der Waals surface area (Å²) in [6.45, 7) is 5.24. The minimum Gasteiger partial charge on any atom is -0.405 e. The third-order valence-corrected chi connectivity index (χ3v) is 5.67. The van der Waals surface area contributed by atoms with Crippen LogP contribution in [0.3, 0.4) is 0 Å². The smallest absolute Gasteiger partial charge is 0.405 e. The van der Waals surface area contributed by atoms with E-state index < -0.39 is 23.6 Å². The van der Waals surface area contributed by atoms with Crippen LogP contribution >= 0.6 is 15.9 Å². The number of hydrogen-bond donors (Lipinski definition) is 4. The molecule has 1 heterocycles. The van der Waals surface area contributed by atoms with Gasteiger partial charge in [0.05, 0.1) is 16.5 Å². The number of ether oxygens (including phenoxy) is 1. The van der Waals surface area contributed by atoms with Crippen LogP contribution in [-0.2, 0) is 4.79 Å². The molecule has 0 atom stereocenters. The molecule has 1 aromatic carbocycles. The zero-order valence-electron chi connectivity index (χ0n) is 17.9. The Morgan fingerprint density at radius 1 is 1.22 bits per heavy atom. The van der Waals surface area contributed by atoms with Crippen molar-refractivity contribution >= 4 is 33.6 Å². The van der Waals surface area contributed by atoms with Gasteiger partial charge in [-0.15, -0.1) is 13.2 Å². The normalized spacial score (nSPS) is 15.4. The first kappa shape index (κ1) is 26.2. The number of piperidine rings is 1. The summed E-state index contributed by atoms with van der Waals surface area (Å²) in [5.41, 5.74) is -0.632. The number of urea groups is 1. The second kappa shape index (κ2) is 11.2. The van der Waals surface area contributed by atoms with Crippen LogP contribution < -0.4 is 20.7 Å². The van der Waals surface area contributed by atoms with Crippen molar-refractivity contribution < 1.29 is 32.6 Å². The van der Waals surface area contributed by atoms with Crippen molar-refractivity contribution in [1.29, 1.82) is 0 Å². The van der Waals surface area contributed by atoms with E-state index in [1.165, 1.54) is 12.1 Å². The number of carbonyl (C=O) groups excluding carboxylic acids is 2. The first-order valence-corrected chi connectivity index (χ1v) is 10.9. The van der Waals surface area contributed by atoms with Crippen LogP contribution in [0.5, 0.6) is 5.75 Å². The summed E-state index contributed by atoms with van der Waals surface area (Å²) in [6, 6.07) is 3.51. The monoisotopic (exact) mass is 524 g/mol. The second-order valence-electron chi connectivity index (χ2n) is 8.14. The van der Waals surface area contributed by atoms with Gasteiger partial charge < -0.3 is 30.7 Å². The van der Waals surface area contributed by atoms with Gasteiger partial charge in [-0.05, 0) is 54.8 Å². The van der Waals surface area contributed by atoms with Gasteiger partial charge in [0.15, 0.2) is 0 Å². The molecule has 0 radical (unpaired) electrons. The summed E-state index contributed by atoms with van der Waals surface area (Å²) in [5, 5.41) is 17.7. The molecule has 1 aliphatic rings. The number of likely N-dealkylation sites (tertiary alicyclic amines) is 1. The zero-order valence-corrected chi connectivity index (χ0v) is 19.5. The number of nitrogens with zero attached hydrogens (tertiary/aromatic N) is 1. The molecule has 0 saturated carbocycles. The maximum atomic E-state index is 12.4. The highest BCUT2D eigenvalue weighted by Gasteiger charge is 2.33. The molecule has 0 bridgehead atoms. The van der Waals surface area contributed by atoms with Crippen molar-refractivity contribution in [2.24, 2.45) is 5.41 Å². The summed E-state index contributed by atoms with van der Waals surface area (Å²) in [6.07, 6.45) is -3.31. The molecular formula is C20H28BrF3N4O4. The van der Waals surface area contributed by atoms with Crippen LogP contribution in [0.15, 0.2) is 22.7 Å². The summed E-state index contributed by atoms with van der Waals surface area (Å²) in [4.78, 5) is 26.1. The van der Waals surface area contributed by atoms with Crippen molar-refractivity contribution in [2.75, 3.05) is 38.1 Å². The molecule has 32 heavy (non-hydrogen) atoms. The van der Waals surface area contributed by atoms with Gasteiger partial charge in [0, 0.05) is 44.0 Å². The molecule has 1 aromatic rings. The van der Waals surface area contributed by atoms with E-state index in [9.17, 15) is 27.9 Å². The molecule has 2 rings (SSSR count). The summed E-state index contributed by atoms with van der Waals surface area (Å²) in [7, 11) is 0. The molecule has 8 nitrogen and oxygen atoms in total. The molecule has 4 N–H and O–H groups in total. The molecule has 0 unspecified atom stereocenters. The average Bonchev–Trinajstić information content (AvgIpc) is 2.72. The molecule has 1 fully saturated rings. The minimum atomic E-state index is -4.84. The maximum Gasteiger partial charge on any atom is 0.573 e. The lowest BCUT2D eigenvalue weighted by atomic mass is 9.91. The fraction of sp³-hybridized carbons (Fsp3) is 0.600. The van der Waals surface area contributed by atoms with Crippen molar-refractivity contribution in [3.63, 3.8) is 0 Å². The van der Waals surface area contributed by atoms with Gasteiger partial charge in [0.25, 0.3) is 0 Å².